The Morgan fingerprint density at radius 1 is 0.929 bits per heavy atom. The van der Waals surface area contributed by atoms with E-state index < -0.39 is 0 Å². The minimum absolute atomic E-state index is 0.312. The summed E-state index contributed by atoms with van der Waals surface area (Å²) in [6.45, 7) is 0.449. The summed E-state index contributed by atoms with van der Waals surface area (Å²) >= 11 is 17.6. The largest absolute Gasteiger partial charge is 0.489 e. The molecule has 3 aromatic carbocycles. The van der Waals surface area contributed by atoms with Gasteiger partial charge in [0.05, 0.1) is 16.3 Å². The Kier molecular flexibility index (Phi) is 6.93. The summed E-state index contributed by atoms with van der Waals surface area (Å²) in [7, 11) is 0. The van der Waals surface area contributed by atoms with Crippen LogP contribution < -0.4 is 10.2 Å². The van der Waals surface area contributed by atoms with Crippen molar-refractivity contribution in [3.8, 4) is 5.75 Å². The Morgan fingerprint density at radius 2 is 1.64 bits per heavy atom. The molecule has 3 aromatic rings. The lowest BCUT2D eigenvalue weighted by molar-refractivity contribution is 0.0955. The summed E-state index contributed by atoms with van der Waals surface area (Å²) in [5.41, 5.74) is 4.66. The molecule has 142 valence electrons. The van der Waals surface area contributed by atoms with E-state index in [0.29, 0.717) is 27.2 Å². The SMILES string of the molecule is O=C(N/N=C\c1ccc(OCc2ccc(Cl)cc2)cc1)c1ccc(Cl)c(Cl)c1. The Labute approximate surface area is 177 Å². The van der Waals surface area contributed by atoms with Gasteiger partial charge in [-0.25, -0.2) is 5.43 Å². The predicted molar refractivity (Wildman–Crippen MR) is 114 cm³/mol. The van der Waals surface area contributed by atoms with E-state index in [1.165, 1.54) is 6.07 Å². The number of halogens is 3. The molecule has 4 nitrogen and oxygen atoms in total. The maximum absolute atomic E-state index is 12.0. The smallest absolute Gasteiger partial charge is 0.271 e. The Balaban J connectivity index is 1.52. The summed E-state index contributed by atoms with van der Waals surface area (Å²) < 4.78 is 5.73. The highest BCUT2D eigenvalue weighted by atomic mass is 35.5. The molecule has 0 saturated carbocycles. The average molecular weight is 434 g/mol. The number of nitrogens with one attached hydrogen (secondary N) is 1. The topological polar surface area (TPSA) is 50.7 Å². The highest BCUT2D eigenvalue weighted by molar-refractivity contribution is 6.42. The fourth-order valence-corrected chi connectivity index (χ4v) is 2.69. The first-order valence-corrected chi connectivity index (χ1v) is 9.40. The van der Waals surface area contributed by atoms with Gasteiger partial charge in [0.25, 0.3) is 5.91 Å². The van der Waals surface area contributed by atoms with Gasteiger partial charge >= 0.3 is 0 Å². The van der Waals surface area contributed by atoms with Gasteiger partial charge in [-0.2, -0.15) is 5.10 Å². The van der Waals surface area contributed by atoms with Crippen molar-refractivity contribution in [2.75, 3.05) is 0 Å². The van der Waals surface area contributed by atoms with Crippen LogP contribution in [0.3, 0.4) is 0 Å². The molecule has 0 heterocycles. The Hall–Kier alpha value is -2.53. The molecule has 0 spiro atoms. The molecule has 7 heteroatoms. The third kappa shape index (κ3) is 5.73. The van der Waals surface area contributed by atoms with Gasteiger partial charge in [0.2, 0.25) is 0 Å². The number of ether oxygens (including phenoxy) is 1. The number of hydrazone groups is 1. The van der Waals surface area contributed by atoms with E-state index in [2.05, 4.69) is 10.5 Å². The maximum atomic E-state index is 12.0. The quantitative estimate of drug-likeness (QED) is 0.383. The minimum Gasteiger partial charge on any atom is -0.489 e. The van der Waals surface area contributed by atoms with Gasteiger partial charge in [0.1, 0.15) is 12.4 Å². The lowest BCUT2D eigenvalue weighted by atomic mass is 10.2. The number of amides is 1. The molecule has 3 rings (SSSR count). The standard InChI is InChI=1S/C21H15Cl3N2O2/c22-17-6-1-15(2-7-17)13-28-18-8-3-14(4-9-18)12-25-26-21(27)16-5-10-19(23)20(24)11-16/h1-12H,13H2,(H,26,27)/b25-12-. The van der Waals surface area contributed by atoms with E-state index in [-0.39, 0.29) is 5.91 Å². The zero-order valence-corrected chi connectivity index (χ0v) is 16.8. The van der Waals surface area contributed by atoms with Crippen molar-refractivity contribution in [1.82, 2.24) is 5.43 Å². The molecule has 1 amide bonds. The molecule has 0 aliphatic heterocycles. The second-order valence-corrected chi connectivity index (χ2v) is 7.06. The lowest BCUT2D eigenvalue weighted by Crippen LogP contribution is -2.17. The van der Waals surface area contributed by atoms with Gasteiger partial charge in [0, 0.05) is 10.6 Å². The molecule has 1 N–H and O–H groups in total. The summed E-state index contributed by atoms with van der Waals surface area (Å²) in [6.07, 6.45) is 1.54. The predicted octanol–water partition coefficient (Wildman–Crippen LogP) is 5.99. The van der Waals surface area contributed by atoms with E-state index in [1.54, 1.807) is 18.3 Å². The van der Waals surface area contributed by atoms with Crippen molar-refractivity contribution < 1.29 is 9.53 Å². The van der Waals surface area contributed by atoms with Crippen LogP contribution in [0.1, 0.15) is 21.5 Å². The number of hydrogen-bond donors (Lipinski definition) is 1. The van der Waals surface area contributed by atoms with Gasteiger partial charge in [0.15, 0.2) is 0 Å². The summed E-state index contributed by atoms with van der Waals surface area (Å²) in [5, 5.41) is 5.34. The number of carbonyl (C=O) groups is 1. The lowest BCUT2D eigenvalue weighted by Gasteiger charge is -2.06. The third-order valence-electron chi connectivity index (χ3n) is 3.76. The Bertz CT molecular complexity index is 988. The molecule has 0 unspecified atom stereocenters. The fourth-order valence-electron chi connectivity index (χ4n) is 2.26. The van der Waals surface area contributed by atoms with E-state index in [1.807, 2.05) is 48.5 Å². The first-order valence-electron chi connectivity index (χ1n) is 8.27. The second kappa shape index (κ2) is 9.60. The minimum atomic E-state index is -0.377. The monoisotopic (exact) mass is 432 g/mol. The van der Waals surface area contributed by atoms with Gasteiger partial charge in [-0.3, -0.25) is 4.79 Å². The first kappa shape index (κ1) is 20.2. The number of hydrogen-bond acceptors (Lipinski definition) is 3. The van der Waals surface area contributed by atoms with Gasteiger partial charge < -0.3 is 4.74 Å². The van der Waals surface area contributed by atoms with Crippen LogP contribution in [0.4, 0.5) is 0 Å². The van der Waals surface area contributed by atoms with Crippen LogP contribution in [-0.4, -0.2) is 12.1 Å². The molecule has 0 fully saturated rings. The van der Waals surface area contributed by atoms with Crippen LogP contribution in [0.15, 0.2) is 71.8 Å². The second-order valence-electron chi connectivity index (χ2n) is 5.81. The molecule has 0 saturated heterocycles. The number of benzene rings is 3. The first-order chi connectivity index (χ1) is 13.5. The highest BCUT2D eigenvalue weighted by Crippen LogP contribution is 2.22. The van der Waals surface area contributed by atoms with E-state index >= 15 is 0 Å². The van der Waals surface area contributed by atoms with Gasteiger partial charge in [-0.05, 0) is 65.7 Å². The van der Waals surface area contributed by atoms with Crippen LogP contribution in [0, 0.1) is 0 Å². The normalized spacial score (nSPS) is 10.8. The van der Waals surface area contributed by atoms with Crippen LogP contribution in [0.25, 0.3) is 0 Å². The molecule has 0 radical (unpaired) electrons. The third-order valence-corrected chi connectivity index (χ3v) is 4.75. The molecule has 0 atom stereocenters. The van der Waals surface area contributed by atoms with Crippen molar-refractivity contribution in [2.24, 2.45) is 5.10 Å². The molecular formula is C21H15Cl3N2O2. The summed E-state index contributed by atoms with van der Waals surface area (Å²) in [5.74, 6) is 0.352. The van der Waals surface area contributed by atoms with Crippen molar-refractivity contribution in [3.63, 3.8) is 0 Å². The van der Waals surface area contributed by atoms with Crippen molar-refractivity contribution in [1.29, 1.82) is 0 Å². The van der Waals surface area contributed by atoms with Gasteiger partial charge in [-0.1, -0.05) is 46.9 Å². The van der Waals surface area contributed by atoms with Crippen molar-refractivity contribution >= 4 is 46.9 Å². The maximum Gasteiger partial charge on any atom is 0.271 e. The van der Waals surface area contributed by atoms with E-state index in [4.69, 9.17) is 39.5 Å². The molecule has 0 aromatic heterocycles. The number of rotatable bonds is 6. The molecular weight excluding hydrogens is 419 g/mol. The van der Waals surface area contributed by atoms with Crippen molar-refractivity contribution in [3.05, 3.63) is 98.5 Å². The molecule has 0 aliphatic rings. The van der Waals surface area contributed by atoms with E-state index in [9.17, 15) is 4.79 Å². The number of nitrogens with zero attached hydrogens (tertiary/aromatic N) is 1. The number of carbonyl (C=O) groups excluding carboxylic acids is 1. The molecule has 28 heavy (non-hydrogen) atoms. The summed E-state index contributed by atoms with van der Waals surface area (Å²) in [4.78, 5) is 12.0. The van der Waals surface area contributed by atoms with Crippen LogP contribution in [0.5, 0.6) is 5.75 Å². The van der Waals surface area contributed by atoms with Crippen molar-refractivity contribution in [2.45, 2.75) is 6.61 Å². The molecule has 0 aliphatic carbocycles. The average Bonchev–Trinajstić information content (AvgIpc) is 2.70. The van der Waals surface area contributed by atoms with E-state index in [0.717, 1.165) is 16.9 Å². The van der Waals surface area contributed by atoms with Gasteiger partial charge in [-0.15, -0.1) is 0 Å². The van der Waals surface area contributed by atoms with Crippen LogP contribution >= 0.6 is 34.8 Å². The Morgan fingerprint density at radius 3 is 2.32 bits per heavy atom. The molecule has 0 bridgehead atoms. The van der Waals surface area contributed by atoms with Crippen LogP contribution in [-0.2, 0) is 6.61 Å². The zero-order valence-electron chi connectivity index (χ0n) is 14.5. The summed E-state index contributed by atoms with van der Waals surface area (Å²) in [6, 6.07) is 19.4. The fraction of sp³-hybridized carbons (Fsp3) is 0.0476. The highest BCUT2D eigenvalue weighted by Gasteiger charge is 2.06. The van der Waals surface area contributed by atoms with Crippen LogP contribution in [0.2, 0.25) is 15.1 Å². The zero-order chi connectivity index (χ0) is 19.9.